The second-order valence-corrected chi connectivity index (χ2v) is 12.8. The molecule has 1 aliphatic rings. The van der Waals surface area contributed by atoms with Crippen molar-refractivity contribution >= 4 is 17.2 Å². The van der Waals surface area contributed by atoms with Crippen LogP contribution in [0.15, 0.2) is 30.0 Å². The molecule has 0 N–H and O–H groups in total. The molecular formula is C29H40N4O3S. The number of imidazole rings is 1. The highest BCUT2D eigenvalue weighted by atomic mass is 32.1. The van der Waals surface area contributed by atoms with Crippen molar-refractivity contribution in [3.63, 3.8) is 0 Å². The number of aromatic nitrogens is 3. The number of nitrogens with zero attached hydrogens (tertiary/aromatic N) is 4. The lowest BCUT2D eigenvalue weighted by atomic mass is 9.78. The minimum Gasteiger partial charge on any atom is -0.496 e. The summed E-state index contributed by atoms with van der Waals surface area (Å²) in [5, 5.41) is 3.24. The van der Waals surface area contributed by atoms with Crippen LogP contribution < -0.4 is 9.47 Å². The fraction of sp³-hybridized carbons (Fsp3) is 0.552. The number of piperidine rings is 1. The number of likely N-dealkylation sites (tertiary alicyclic amines) is 1. The summed E-state index contributed by atoms with van der Waals surface area (Å²) in [4.78, 5) is 24.0. The quantitative estimate of drug-likeness (QED) is 0.394. The molecule has 0 aliphatic carbocycles. The third kappa shape index (κ3) is 6.00. The number of hydrogen-bond donors (Lipinski definition) is 0. The molecule has 8 heteroatoms. The summed E-state index contributed by atoms with van der Waals surface area (Å²) >= 11 is 1.71. The minimum absolute atomic E-state index is 0.0529. The first-order valence-corrected chi connectivity index (χ1v) is 13.8. The summed E-state index contributed by atoms with van der Waals surface area (Å²) < 4.78 is 12.8. The molecule has 1 fully saturated rings. The Bertz CT molecular complexity index is 1210. The molecule has 0 spiro atoms. The van der Waals surface area contributed by atoms with Crippen LogP contribution >= 0.6 is 11.3 Å². The minimum atomic E-state index is -0.0529. The van der Waals surface area contributed by atoms with Crippen LogP contribution in [0.4, 0.5) is 0 Å². The van der Waals surface area contributed by atoms with E-state index in [1.165, 1.54) is 11.1 Å². The first-order chi connectivity index (χ1) is 17.4. The summed E-state index contributed by atoms with van der Waals surface area (Å²) in [5.41, 5.74) is 4.59. The number of methoxy groups -OCH3 is 2. The molecule has 0 saturated carbocycles. The maximum absolute atomic E-state index is 12.8. The number of rotatable bonds is 6. The third-order valence-corrected chi connectivity index (χ3v) is 7.99. The lowest BCUT2D eigenvalue weighted by Crippen LogP contribution is -2.39. The standard InChI is InChI=1S/C29H40N4O3S/c1-28(2,3)21-13-20(14-22(26(21)36-8)29(4,5)6)27-31-23(17-37-27)19-9-11-33(12-10-19)25(34)16-32-15-24(35-7)30-18-32/h13-15,17-19H,9-12,16H2,1-8H3. The van der Waals surface area contributed by atoms with Gasteiger partial charge in [0.2, 0.25) is 11.8 Å². The van der Waals surface area contributed by atoms with Gasteiger partial charge in [-0.05, 0) is 35.8 Å². The van der Waals surface area contributed by atoms with Gasteiger partial charge in [-0.1, -0.05) is 41.5 Å². The first-order valence-electron chi connectivity index (χ1n) is 12.9. The Labute approximate surface area is 224 Å². The molecule has 0 bridgehead atoms. The summed E-state index contributed by atoms with van der Waals surface area (Å²) in [6.45, 7) is 15.1. The fourth-order valence-corrected chi connectivity index (χ4v) is 5.79. The summed E-state index contributed by atoms with van der Waals surface area (Å²) in [6, 6.07) is 4.51. The van der Waals surface area contributed by atoms with Crippen molar-refractivity contribution in [1.82, 2.24) is 19.4 Å². The largest absolute Gasteiger partial charge is 0.496 e. The van der Waals surface area contributed by atoms with Gasteiger partial charge in [-0.25, -0.2) is 9.97 Å². The Morgan fingerprint density at radius 2 is 1.65 bits per heavy atom. The van der Waals surface area contributed by atoms with Crippen molar-refractivity contribution in [3.05, 3.63) is 46.9 Å². The van der Waals surface area contributed by atoms with Gasteiger partial charge in [-0.3, -0.25) is 4.79 Å². The molecule has 0 atom stereocenters. The molecule has 1 amide bonds. The van der Waals surface area contributed by atoms with Gasteiger partial charge in [0.05, 0.1) is 32.4 Å². The molecule has 7 nitrogen and oxygen atoms in total. The fourth-order valence-electron chi connectivity index (χ4n) is 4.90. The number of carbonyl (C=O) groups excluding carboxylic acids is 1. The van der Waals surface area contributed by atoms with E-state index in [1.54, 1.807) is 42.6 Å². The van der Waals surface area contributed by atoms with E-state index in [-0.39, 0.29) is 23.3 Å². The van der Waals surface area contributed by atoms with E-state index in [0.717, 1.165) is 47.9 Å². The van der Waals surface area contributed by atoms with Crippen molar-refractivity contribution in [3.8, 4) is 22.2 Å². The zero-order valence-electron chi connectivity index (χ0n) is 23.4. The van der Waals surface area contributed by atoms with Crippen molar-refractivity contribution in [2.24, 2.45) is 0 Å². The summed E-state index contributed by atoms with van der Waals surface area (Å²) in [7, 11) is 3.34. The molecular weight excluding hydrogens is 484 g/mol. The highest BCUT2D eigenvalue weighted by Crippen LogP contribution is 2.43. The van der Waals surface area contributed by atoms with Gasteiger partial charge >= 0.3 is 0 Å². The molecule has 3 aromatic rings. The summed E-state index contributed by atoms with van der Waals surface area (Å²) in [5.74, 6) is 1.98. The zero-order chi connectivity index (χ0) is 27.0. The molecule has 0 unspecified atom stereocenters. The molecule has 1 aromatic carbocycles. The predicted molar refractivity (Wildman–Crippen MR) is 149 cm³/mol. The van der Waals surface area contributed by atoms with Crippen molar-refractivity contribution < 1.29 is 14.3 Å². The number of carbonyl (C=O) groups is 1. The van der Waals surface area contributed by atoms with Crippen LogP contribution in [-0.2, 0) is 22.2 Å². The Morgan fingerprint density at radius 1 is 1.03 bits per heavy atom. The van der Waals surface area contributed by atoms with E-state index in [1.807, 2.05) is 4.90 Å². The first kappa shape index (κ1) is 27.2. The number of amides is 1. The highest BCUT2D eigenvalue weighted by Gasteiger charge is 2.29. The van der Waals surface area contributed by atoms with Crippen LogP contribution in [0.2, 0.25) is 0 Å². The number of thiazole rings is 1. The number of benzene rings is 1. The second-order valence-electron chi connectivity index (χ2n) is 11.9. The highest BCUT2D eigenvalue weighted by molar-refractivity contribution is 7.13. The van der Waals surface area contributed by atoms with Gasteiger partial charge in [-0.2, -0.15) is 0 Å². The van der Waals surface area contributed by atoms with Gasteiger partial charge in [0.1, 0.15) is 17.3 Å². The molecule has 1 aliphatic heterocycles. The van der Waals surface area contributed by atoms with E-state index >= 15 is 0 Å². The van der Waals surface area contributed by atoms with Crippen molar-refractivity contribution in [2.75, 3.05) is 27.3 Å². The van der Waals surface area contributed by atoms with Gasteiger partial charge < -0.3 is 18.9 Å². The van der Waals surface area contributed by atoms with E-state index < -0.39 is 0 Å². The van der Waals surface area contributed by atoms with E-state index in [9.17, 15) is 4.79 Å². The van der Waals surface area contributed by atoms with Crippen LogP contribution in [0.25, 0.3) is 10.6 Å². The average molecular weight is 525 g/mol. The van der Waals surface area contributed by atoms with E-state index in [0.29, 0.717) is 11.8 Å². The Morgan fingerprint density at radius 3 is 2.16 bits per heavy atom. The van der Waals surface area contributed by atoms with Crippen LogP contribution in [0.1, 0.15) is 77.1 Å². The third-order valence-electron chi connectivity index (χ3n) is 7.08. The van der Waals surface area contributed by atoms with E-state index in [4.69, 9.17) is 14.5 Å². The van der Waals surface area contributed by atoms with Crippen LogP contribution in [0, 0.1) is 0 Å². The Hall–Kier alpha value is -2.87. The van der Waals surface area contributed by atoms with Gasteiger partial charge in [0.25, 0.3) is 0 Å². The monoisotopic (exact) mass is 524 g/mol. The van der Waals surface area contributed by atoms with Crippen molar-refractivity contribution in [2.45, 2.75) is 77.7 Å². The topological polar surface area (TPSA) is 69.5 Å². The molecule has 200 valence electrons. The maximum Gasteiger partial charge on any atom is 0.242 e. The Balaban J connectivity index is 1.49. The van der Waals surface area contributed by atoms with Crippen LogP contribution in [0.5, 0.6) is 11.6 Å². The molecule has 1 saturated heterocycles. The zero-order valence-corrected chi connectivity index (χ0v) is 24.2. The number of hydrogen-bond acceptors (Lipinski definition) is 6. The maximum atomic E-state index is 12.8. The van der Waals surface area contributed by atoms with Crippen LogP contribution in [0.3, 0.4) is 0 Å². The normalized spacial score (nSPS) is 15.2. The van der Waals surface area contributed by atoms with Crippen molar-refractivity contribution in [1.29, 1.82) is 0 Å². The lowest BCUT2D eigenvalue weighted by molar-refractivity contribution is -0.132. The molecule has 37 heavy (non-hydrogen) atoms. The molecule has 4 rings (SSSR count). The molecule has 3 heterocycles. The summed E-state index contributed by atoms with van der Waals surface area (Å²) in [6.07, 6.45) is 5.23. The lowest BCUT2D eigenvalue weighted by Gasteiger charge is -2.31. The molecule has 2 aromatic heterocycles. The number of ether oxygens (including phenoxy) is 2. The molecule has 0 radical (unpaired) electrons. The predicted octanol–water partition coefficient (Wildman–Crippen LogP) is 6.03. The SMILES string of the molecule is COc1cn(CC(=O)N2CCC(c3csc(-c4cc(C(C)(C)C)c(OC)c(C(C)(C)C)c4)n3)CC2)cn1. The Kier molecular flexibility index (Phi) is 7.70. The van der Waals surface area contributed by atoms with Crippen LogP contribution in [-0.4, -0.2) is 52.7 Å². The average Bonchev–Trinajstić information content (AvgIpc) is 3.52. The smallest absolute Gasteiger partial charge is 0.242 e. The van der Waals surface area contributed by atoms with E-state index in [2.05, 4.69) is 64.0 Å². The van der Waals surface area contributed by atoms with Gasteiger partial charge in [-0.15, -0.1) is 11.3 Å². The second kappa shape index (κ2) is 10.5. The van der Waals surface area contributed by atoms with Gasteiger partial charge in [0.15, 0.2) is 0 Å². The van der Waals surface area contributed by atoms with Gasteiger partial charge in [0, 0.05) is 41.1 Å².